The molecule has 0 saturated carbocycles. The summed E-state index contributed by atoms with van der Waals surface area (Å²) in [4.78, 5) is 40.9. The van der Waals surface area contributed by atoms with Gasteiger partial charge >= 0.3 is 12.1 Å². The quantitative estimate of drug-likeness (QED) is 0.749. The van der Waals surface area contributed by atoms with Gasteiger partial charge in [0.2, 0.25) is 5.91 Å². The van der Waals surface area contributed by atoms with Crippen LogP contribution in [0.5, 0.6) is 5.75 Å². The number of urea groups is 2. The lowest BCUT2D eigenvalue weighted by Gasteiger charge is -2.49. The summed E-state index contributed by atoms with van der Waals surface area (Å²) in [7, 11) is 0. The van der Waals surface area contributed by atoms with Crippen molar-refractivity contribution in [1.82, 2.24) is 20.4 Å². The molecule has 0 spiro atoms. The smallest absolute Gasteiger partial charge is 0.328 e. The van der Waals surface area contributed by atoms with Crippen LogP contribution in [0, 0.1) is 5.92 Å². The molecule has 0 aliphatic carbocycles. The minimum absolute atomic E-state index is 0.282. The first-order chi connectivity index (χ1) is 15.0. The first-order valence-electron chi connectivity index (χ1n) is 10.5. The normalized spacial score (nSPS) is 23.2. The van der Waals surface area contributed by atoms with Gasteiger partial charge in [0.15, 0.2) is 0 Å². The third kappa shape index (κ3) is 3.93. The van der Waals surface area contributed by atoms with Gasteiger partial charge in [0.05, 0.1) is 6.04 Å². The Morgan fingerprint density at radius 2 is 1.61 bits per heavy atom. The summed E-state index contributed by atoms with van der Waals surface area (Å²) >= 11 is 0. The lowest BCUT2D eigenvalue weighted by atomic mass is 9.85. The monoisotopic (exact) mass is 422 g/mol. The number of nitrogens with zero attached hydrogens (tertiary/aromatic N) is 2. The van der Waals surface area contributed by atoms with Crippen LogP contribution in [0.15, 0.2) is 54.6 Å². The van der Waals surface area contributed by atoms with E-state index in [0.717, 1.165) is 11.1 Å². The summed E-state index contributed by atoms with van der Waals surface area (Å²) in [6.45, 7) is 4.73. The van der Waals surface area contributed by atoms with E-state index >= 15 is 0 Å². The molecule has 162 valence electrons. The SMILES string of the molecule is CCN1C(=O)C2C(c3ccc(OCc4ccccc4)cc3)NC(=O)NC2N(CC)C1=O. The van der Waals surface area contributed by atoms with Gasteiger partial charge in [-0.25, -0.2) is 9.59 Å². The molecule has 8 heteroatoms. The zero-order valence-corrected chi connectivity index (χ0v) is 17.6. The molecule has 2 heterocycles. The number of hydrogen-bond donors (Lipinski definition) is 2. The second kappa shape index (κ2) is 8.67. The summed E-state index contributed by atoms with van der Waals surface area (Å²) in [6, 6.07) is 15.9. The van der Waals surface area contributed by atoms with E-state index in [1.165, 1.54) is 4.90 Å². The maximum atomic E-state index is 13.1. The molecule has 2 N–H and O–H groups in total. The van der Waals surface area contributed by atoms with Crippen LogP contribution in [0.4, 0.5) is 9.59 Å². The standard InChI is InChI=1S/C23H26N4O4/c1-3-26-20-18(21(28)27(4-2)23(26)30)19(24-22(29)25-20)16-10-12-17(13-11-16)31-14-15-8-6-5-7-9-15/h5-13,18-20H,3-4,14H2,1-2H3,(H2,24,25,29). The van der Waals surface area contributed by atoms with Crippen molar-refractivity contribution in [2.24, 2.45) is 5.92 Å². The number of carbonyl (C=O) groups is 3. The Balaban J connectivity index is 1.56. The predicted octanol–water partition coefficient (Wildman–Crippen LogP) is 2.87. The van der Waals surface area contributed by atoms with E-state index in [2.05, 4.69) is 10.6 Å². The fourth-order valence-corrected chi connectivity index (χ4v) is 4.20. The highest BCUT2D eigenvalue weighted by atomic mass is 16.5. The van der Waals surface area contributed by atoms with Crippen LogP contribution in [-0.4, -0.2) is 47.0 Å². The van der Waals surface area contributed by atoms with Gasteiger partial charge in [-0.05, 0) is 37.1 Å². The van der Waals surface area contributed by atoms with Crippen molar-refractivity contribution >= 4 is 18.0 Å². The molecular formula is C23H26N4O4. The van der Waals surface area contributed by atoms with E-state index in [4.69, 9.17) is 4.74 Å². The van der Waals surface area contributed by atoms with Crippen LogP contribution >= 0.6 is 0 Å². The number of imide groups is 1. The molecule has 2 aliphatic rings. The molecule has 2 aliphatic heterocycles. The molecule has 4 rings (SSSR count). The van der Waals surface area contributed by atoms with E-state index in [-0.39, 0.29) is 18.5 Å². The third-order valence-corrected chi connectivity index (χ3v) is 5.77. The number of hydrogen-bond acceptors (Lipinski definition) is 4. The molecule has 2 saturated heterocycles. The van der Waals surface area contributed by atoms with E-state index in [1.54, 1.807) is 11.8 Å². The fourth-order valence-electron chi connectivity index (χ4n) is 4.20. The molecule has 3 unspecified atom stereocenters. The second-order valence-corrected chi connectivity index (χ2v) is 7.56. The lowest BCUT2D eigenvalue weighted by Crippen LogP contribution is -2.72. The minimum Gasteiger partial charge on any atom is -0.489 e. The minimum atomic E-state index is -0.680. The molecule has 2 fully saturated rings. The van der Waals surface area contributed by atoms with E-state index in [9.17, 15) is 14.4 Å². The fraction of sp³-hybridized carbons (Fsp3) is 0.348. The van der Waals surface area contributed by atoms with Crippen molar-refractivity contribution in [3.63, 3.8) is 0 Å². The summed E-state index contributed by atoms with van der Waals surface area (Å²) in [6.07, 6.45) is -0.680. The van der Waals surface area contributed by atoms with Crippen molar-refractivity contribution in [3.05, 3.63) is 65.7 Å². The number of benzene rings is 2. The topological polar surface area (TPSA) is 91.0 Å². The number of nitrogens with one attached hydrogen (secondary N) is 2. The number of carbonyl (C=O) groups excluding carboxylic acids is 3. The Kier molecular flexibility index (Phi) is 5.79. The number of rotatable bonds is 6. The Morgan fingerprint density at radius 3 is 2.26 bits per heavy atom. The summed E-state index contributed by atoms with van der Waals surface area (Å²) < 4.78 is 5.84. The Hall–Kier alpha value is -3.55. The highest BCUT2D eigenvalue weighted by Gasteiger charge is 2.52. The molecule has 2 aromatic rings. The molecule has 0 radical (unpaired) electrons. The summed E-state index contributed by atoms with van der Waals surface area (Å²) in [5, 5.41) is 5.62. The zero-order chi connectivity index (χ0) is 22.0. The van der Waals surface area contributed by atoms with Crippen LogP contribution in [0.25, 0.3) is 0 Å². The first kappa shape index (κ1) is 20.7. The summed E-state index contributed by atoms with van der Waals surface area (Å²) in [5.74, 6) is -0.213. The number of ether oxygens (including phenoxy) is 1. The van der Waals surface area contributed by atoms with Crippen molar-refractivity contribution in [3.8, 4) is 5.75 Å². The maximum absolute atomic E-state index is 13.1. The zero-order valence-electron chi connectivity index (χ0n) is 17.6. The molecular weight excluding hydrogens is 396 g/mol. The van der Waals surface area contributed by atoms with Crippen molar-refractivity contribution in [2.45, 2.75) is 32.7 Å². The van der Waals surface area contributed by atoms with Gasteiger partial charge in [-0.1, -0.05) is 42.5 Å². The largest absolute Gasteiger partial charge is 0.489 e. The van der Waals surface area contributed by atoms with Crippen molar-refractivity contribution < 1.29 is 19.1 Å². The molecule has 31 heavy (non-hydrogen) atoms. The van der Waals surface area contributed by atoms with Gasteiger partial charge in [-0.2, -0.15) is 0 Å². The molecule has 2 aromatic carbocycles. The molecule has 5 amide bonds. The van der Waals surface area contributed by atoms with Gasteiger partial charge < -0.3 is 20.3 Å². The average molecular weight is 422 g/mol. The van der Waals surface area contributed by atoms with Crippen molar-refractivity contribution in [1.29, 1.82) is 0 Å². The van der Waals surface area contributed by atoms with Crippen LogP contribution in [0.3, 0.4) is 0 Å². The predicted molar refractivity (Wildman–Crippen MR) is 114 cm³/mol. The molecule has 3 atom stereocenters. The first-order valence-corrected chi connectivity index (χ1v) is 10.5. The van der Waals surface area contributed by atoms with Crippen LogP contribution < -0.4 is 15.4 Å². The van der Waals surface area contributed by atoms with E-state index in [0.29, 0.717) is 18.9 Å². The van der Waals surface area contributed by atoms with Gasteiger partial charge in [0, 0.05) is 13.1 Å². The van der Waals surface area contributed by atoms with E-state index in [1.807, 2.05) is 61.5 Å². The molecule has 0 bridgehead atoms. The van der Waals surface area contributed by atoms with Gasteiger partial charge in [-0.3, -0.25) is 9.69 Å². The number of fused-ring (bicyclic) bond motifs is 1. The van der Waals surface area contributed by atoms with Gasteiger partial charge in [0.1, 0.15) is 24.4 Å². The van der Waals surface area contributed by atoms with Gasteiger partial charge in [0.25, 0.3) is 0 Å². The van der Waals surface area contributed by atoms with Crippen LogP contribution in [-0.2, 0) is 11.4 Å². The Bertz CT molecular complexity index is 963. The lowest BCUT2D eigenvalue weighted by molar-refractivity contribution is -0.141. The summed E-state index contributed by atoms with van der Waals surface area (Å²) in [5.41, 5.74) is 1.85. The highest BCUT2D eigenvalue weighted by Crippen LogP contribution is 2.35. The Labute approximate surface area is 181 Å². The van der Waals surface area contributed by atoms with E-state index < -0.39 is 24.2 Å². The average Bonchev–Trinajstić information content (AvgIpc) is 2.79. The highest BCUT2D eigenvalue weighted by molar-refractivity contribution is 6.00. The van der Waals surface area contributed by atoms with Crippen LogP contribution in [0.1, 0.15) is 31.0 Å². The Morgan fingerprint density at radius 1 is 0.903 bits per heavy atom. The second-order valence-electron chi connectivity index (χ2n) is 7.56. The van der Waals surface area contributed by atoms with Crippen LogP contribution in [0.2, 0.25) is 0 Å². The maximum Gasteiger partial charge on any atom is 0.328 e. The molecule has 8 nitrogen and oxygen atoms in total. The number of amides is 5. The van der Waals surface area contributed by atoms with Crippen molar-refractivity contribution in [2.75, 3.05) is 13.1 Å². The third-order valence-electron chi connectivity index (χ3n) is 5.77. The van der Waals surface area contributed by atoms with Gasteiger partial charge in [-0.15, -0.1) is 0 Å². The molecule has 0 aromatic heterocycles.